The Morgan fingerprint density at radius 3 is 2.60 bits per heavy atom. The molecule has 6 nitrogen and oxygen atoms in total. The molecule has 35 heavy (non-hydrogen) atoms. The summed E-state index contributed by atoms with van der Waals surface area (Å²) in [7, 11) is 0. The number of carbonyl (C=O) groups excluding carboxylic acids is 1. The summed E-state index contributed by atoms with van der Waals surface area (Å²) in [6, 6.07) is 18.2. The molecule has 1 atom stereocenters. The lowest BCUT2D eigenvalue weighted by Gasteiger charge is -2.24. The monoisotopic (exact) mass is 488 g/mol. The Morgan fingerprint density at radius 2 is 1.89 bits per heavy atom. The molecule has 4 aromatic rings. The summed E-state index contributed by atoms with van der Waals surface area (Å²) in [5, 5.41) is 0. The zero-order valence-electron chi connectivity index (χ0n) is 19.0. The average molecular weight is 489 g/mol. The molecule has 176 valence electrons. The third kappa shape index (κ3) is 4.28. The zero-order valence-corrected chi connectivity index (χ0v) is 19.8. The van der Waals surface area contributed by atoms with E-state index in [0.717, 1.165) is 11.1 Å². The molecule has 8 heteroatoms. The first-order valence-electron chi connectivity index (χ1n) is 11.1. The Bertz CT molecular complexity index is 1610. The van der Waals surface area contributed by atoms with Crippen LogP contribution < -0.4 is 14.9 Å². The third-order valence-corrected chi connectivity index (χ3v) is 6.64. The predicted octanol–water partition coefficient (Wildman–Crippen LogP) is 4.20. The minimum absolute atomic E-state index is 0.219. The number of benzene rings is 2. The summed E-state index contributed by atoms with van der Waals surface area (Å²) in [6.45, 7) is 3.71. The second-order valence-electron chi connectivity index (χ2n) is 7.92. The van der Waals surface area contributed by atoms with Crippen LogP contribution in [0.5, 0.6) is 0 Å². The van der Waals surface area contributed by atoms with Gasteiger partial charge in [0, 0.05) is 11.6 Å². The number of carbonyl (C=O) groups is 1. The molecule has 3 heterocycles. The van der Waals surface area contributed by atoms with Crippen molar-refractivity contribution in [2.45, 2.75) is 19.9 Å². The van der Waals surface area contributed by atoms with Gasteiger partial charge in [-0.25, -0.2) is 14.2 Å². The molecule has 2 aromatic heterocycles. The lowest BCUT2D eigenvalue weighted by molar-refractivity contribution is -0.139. The summed E-state index contributed by atoms with van der Waals surface area (Å²) >= 11 is 1.23. The molecule has 0 amide bonds. The van der Waals surface area contributed by atoms with Crippen molar-refractivity contribution in [1.29, 1.82) is 0 Å². The van der Waals surface area contributed by atoms with Crippen LogP contribution in [0.4, 0.5) is 4.39 Å². The number of thiazole rings is 1. The van der Waals surface area contributed by atoms with Crippen molar-refractivity contribution in [3.8, 4) is 11.3 Å². The Balaban J connectivity index is 1.62. The highest BCUT2D eigenvalue weighted by Crippen LogP contribution is 2.30. The minimum atomic E-state index is -0.653. The van der Waals surface area contributed by atoms with Gasteiger partial charge in [0.2, 0.25) is 0 Å². The van der Waals surface area contributed by atoms with Crippen LogP contribution in [0.3, 0.4) is 0 Å². The van der Waals surface area contributed by atoms with E-state index in [-0.39, 0.29) is 18.0 Å². The number of fused-ring (bicyclic) bond motifs is 1. The molecule has 2 aromatic carbocycles. The molecule has 0 radical (unpaired) electrons. The van der Waals surface area contributed by atoms with Crippen LogP contribution in [0.25, 0.3) is 17.4 Å². The van der Waals surface area contributed by atoms with E-state index < -0.39 is 12.0 Å². The molecule has 5 rings (SSSR count). The number of nitrogens with zero attached hydrogens (tertiary/aromatic N) is 2. The van der Waals surface area contributed by atoms with E-state index >= 15 is 0 Å². The van der Waals surface area contributed by atoms with E-state index in [1.54, 1.807) is 44.2 Å². The molecular formula is C27H21FN2O4S. The number of rotatable bonds is 5. The van der Waals surface area contributed by atoms with Crippen LogP contribution in [0.1, 0.15) is 31.2 Å². The van der Waals surface area contributed by atoms with Gasteiger partial charge in [0.1, 0.15) is 17.3 Å². The molecule has 0 N–H and O–H groups in total. The van der Waals surface area contributed by atoms with Gasteiger partial charge in [0.05, 0.1) is 28.5 Å². The Kier molecular flexibility index (Phi) is 6.05. The SMILES string of the molecule is CCOC(=O)C1=C(C)N=c2s/c(=C/c3ccc(-c4ccc(F)cc4)o3)c(=O)n2[C@H]1c1ccccc1. The van der Waals surface area contributed by atoms with Crippen LogP contribution in [0.15, 0.2) is 92.2 Å². The zero-order chi connectivity index (χ0) is 24.5. The van der Waals surface area contributed by atoms with Crippen molar-refractivity contribution in [1.82, 2.24) is 4.57 Å². The standard InChI is InChI=1S/C27H21FN2O4S/c1-3-33-26(32)23-16(2)29-27-30(24(23)18-7-5-4-6-8-18)25(31)22(35-27)15-20-13-14-21(34-20)17-9-11-19(28)12-10-17/h4-15,24H,3H2,1-2H3/b22-15+/t24-/m0/s1. The van der Waals surface area contributed by atoms with E-state index in [9.17, 15) is 14.0 Å². The number of aromatic nitrogens is 1. The van der Waals surface area contributed by atoms with Gasteiger partial charge in [0.25, 0.3) is 5.56 Å². The summed E-state index contributed by atoms with van der Waals surface area (Å²) in [5.74, 6) is 0.220. The van der Waals surface area contributed by atoms with Crippen molar-refractivity contribution in [3.63, 3.8) is 0 Å². The van der Waals surface area contributed by atoms with Crippen LogP contribution >= 0.6 is 11.3 Å². The fraction of sp³-hybridized carbons (Fsp3) is 0.148. The van der Waals surface area contributed by atoms with E-state index in [2.05, 4.69) is 4.99 Å². The molecule has 0 aliphatic carbocycles. The number of ether oxygens (including phenoxy) is 1. The number of furan rings is 1. The number of esters is 1. The fourth-order valence-corrected chi connectivity index (χ4v) is 5.10. The molecule has 0 bridgehead atoms. The Labute approximate surface area is 203 Å². The highest BCUT2D eigenvalue weighted by Gasteiger charge is 2.33. The van der Waals surface area contributed by atoms with Crippen LogP contribution in [0, 0.1) is 5.82 Å². The number of hydrogen-bond donors (Lipinski definition) is 0. The van der Waals surface area contributed by atoms with Gasteiger partial charge in [-0.2, -0.15) is 0 Å². The molecule has 0 spiro atoms. The maximum absolute atomic E-state index is 13.6. The van der Waals surface area contributed by atoms with E-state index in [1.807, 2.05) is 30.3 Å². The maximum Gasteiger partial charge on any atom is 0.338 e. The van der Waals surface area contributed by atoms with Crippen LogP contribution in [-0.2, 0) is 9.53 Å². The smallest absolute Gasteiger partial charge is 0.338 e. The first-order valence-corrected chi connectivity index (χ1v) is 11.9. The van der Waals surface area contributed by atoms with Gasteiger partial charge < -0.3 is 9.15 Å². The van der Waals surface area contributed by atoms with E-state index in [0.29, 0.717) is 32.1 Å². The largest absolute Gasteiger partial charge is 0.463 e. The first-order chi connectivity index (χ1) is 17.0. The quantitative estimate of drug-likeness (QED) is 0.395. The summed E-state index contributed by atoms with van der Waals surface area (Å²) in [6.07, 6.45) is 1.66. The summed E-state index contributed by atoms with van der Waals surface area (Å²) in [5.41, 5.74) is 2.09. The van der Waals surface area contributed by atoms with Gasteiger partial charge in [-0.05, 0) is 55.8 Å². The number of halogens is 1. The highest BCUT2D eigenvalue weighted by atomic mass is 32.1. The summed E-state index contributed by atoms with van der Waals surface area (Å²) in [4.78, 5) is 31.5. The molecule has 1 aliphatic rings. The minimum Gasteiger partial charge on any atom is -0.463 e. The molecule has 0 saturated heterocycles. The van der Waals surface area contributed by atoms with Gasteiger partial charge in [0.15, 0.2) is 4.80 Å². The second kappa shape index (κ2) is 9.31. The molecule has 0 unspecified atom stereocenters. The highest BCUT2D eigenvalue weighted by molar-refractivity contribution is 7.07. The van der Waals surface area contributed by atoms with E-state index in [1.165, 1.54) is 28.0 Å². The molecular weight excluding hydrogens is 467 g/mol. The normalized spacial score (nSPS) is 15.6. The number of hydrogen-bond acceptors (Lipinski definition) is 6. The molecule has 0 saturated carbocycles. The van der Waals surface area contributed by atoms with Crippen molar-refractivity contribution >= 4 is 23.4 Å². The van der Waals surface area contributed by atoms with Gasteiger partial charge in [-0.3, -0.25) is 9.36 Å². The van der Waals surface area contributed by atoms with Crippen molar-refractivity contribution < 1.29 is 18.3 Å². The number of allylic oxidation sites excluding steroid dienone is 1. The topological polar surface area (TPSA) is 73.8 Å². The fourth-order valence-electron chi connectivity index (χ4n) is 4.07. The lowest BCUT2D eigenvalue weighted by Crippen LogP contribution is -2.39. The Morgan fingerprint density at radius 1 is 1.14 bits per heavy atom. The van der Waals surface area contributed by atoms with E-state index in [4.69, 9.17) is 9.15 Å². The first kappa shape index (κ1) is 22.7. The van der Waals surface area contributed by atoms with Gasteiger partial charge >= 0.3 is 5.97 Å². The van der Waals surface area contributed by atoms with Gasteiger partial charge in [-0.15, -0.1) is 0 Å². The second-order valence-corrected chi connectivity index (χ2v) is 8.93. The molecule has 1 aliphatic heterocycles. The predicted molar refractivity (Wildman–Crippen MR) is 131 cm³/mol. The third-order valence-electron chi connectivity index (χ3n) is 5.66. The van der Waals surface area contributed by atoms with Crippen LogP contribution in [-0.4, -0.2) is 17.1 Å². The average Bonchev–Trinajstić information content (AvgIpc) is 3.44. The maximum atomic E-state index is 13.6. The van der Waals surface area contributed by atoms with Gasteiger partial charge in [-0.1, -0.05) is 41.7 Å². The van der Waals surface area contributed by atoms with Crippen LogP contribution in [0.2, 0.25) is 0 Å². The summed E-state index contributed by atoms with van der Waals surface area (Å²) < 4.78 is 26.4. The lowest BCUT2D eigenvalue weighted by atomic mass is 9.96. The van der Waals surface area contributed by atoms with Crippen molar-refractivity contribution in [2.24, 2.45) is 4.99 Å². The Hall–Kier alpha value is -4.04. The van der Waals surface area contributed by atoms with Crippen molar-refractivity contribution in [2.75, 3.05) is 6.61 Å². The molecule has 0 fully saturated rings. The van der Waals surface area contributed by atoms with Crippen molar-refractivity contribution in [3.05, 3.63) is 115 Å².